The van der Waals surface area contributed by atoms with E-state index in [0.717, 1.165) is 25.0 Å². The molecule has 0 radical (unpaired) electrons. The summed E-state index contributed by atoms with van der Waals surface area (Å²) in [5.74, 6) is -0.0331. The normalized spacial score (nSPS) is 10.7. The number of amides is 1. The van der Waals surface area contributed by atoms with Gasteiger partial charge in [-0.25, -0.2) is 0 Å². The lowest BCUT2D eigenvalue weighted by Crippen LogP contribution is -2.25. The van der Waals surface area contributed by atoms with Crippen LogP contribution in [0.25, 0.3) is 0 Å². The molecule has 1 N–H and O–H groups in total. The van der Waals surface area contributed by atoms with Crippen molar-refractivity contribution in [2.75, 3.05) is 6.54 Å². The van der Waals surface area contributed by atoms with Gasteiger partial charge in [0.25, 0.3) is 5.91 Å². The fraction of sp³-hybridized carbons (Fsp3) is 0.273. The number of carbonyl (C=O) groups is 1. The minimum atomic E-state index is -0.0331. The predicted octanol–water partition coefficient (Wildman–Crippen LogP) is 3.86. The highest BCUT2D eigenvalue weighted by molar-refractivity contribution is 5.95. The van der Waals surface area contributed by atoms with E-state index in [1.165, 1.54) is 11.1 Å². The van der Waals surface area contributed by atoms with Crippen molar-refractivity contribution in [2.24, 2.45) is 0 Å². The Morgan fingerprint density at radius 1 is 1.00 bits per heavy atom. The Bertz CT molecular complexity index is 825. The van der Waals surface area contributed by atoms with Crippen molar-refractivity contribution in [3.8, 4) is 0 Å². The maximum absolute atomic E-state index is 12.5. The molecule has 0 saturated carbocycles. The molecule has 0 aliphatic rings. The SMILES string of the molecule is CCc1c(C(=O)NCCCc2ccccc2)cnn1Cc1ccccc1. The maximum Gasteiger partial charge on any atom is 0.254 e. The average Bonchev–Trinajstić information content (AvgIpc) is 3.09. The lowest BCUT2D eigenvalue weighted by atomic mass is 10.1. The Kier molecular flexibility index (Phi) is 6.20. The number of carbonyl (C=O) groups excluding carboxylic acids is 1. The van der Waals surface area contributed by atoms with Crippen LogP contribution in [0.4, 0.5) is 0 Å². The first-order valence-corrected chi connectivity index (χ1v) is 9.18. The Labute approximate surface area is 154 Å². The molecule has 1 amide bonds. The highest BCUT2D eigenvalue weighted by Gasteiger charge is 2.15. The highest BCUT2D eigenvalue weighted by atomic mass is 16.1. The highest BCUT2D eigenvalue weighted by Crippen LogP contribution is 2.12. The molecule has 3 rings (SSSR count). The third kappa shape index (κ3) is 4.60. The first kappa shape index (κ1) is 17.9. The van der Waals surface area contributed by atoms with Gasteiger partial charge in [-0.1, -0.05) is 67.6 Å². The lowest BCUT2D eigenvalue weighted by molar-refractivity contribution is 0.0952. The summed E-state index contributed by atoms with van der Waals surface area (Å²) in [5, 5.41) is 7.46. The number of benzene rings is 2. The van der Waals surface area contributed by atoms with Gasteiger partial charge in [0, 0.05) is 6.54 Å². The van der Waals surface area contributed by atoms with Gasteiger partial charge in [0.1, 0.15) is 0 Å². The molecule has 4 nitrogen and oxygen atoms in total. The van der Waals surface area contributed by atoms with E-state index in [2.05, 4.69) is 41.6 Å². The van der Waals surface area contributed by atoms with Gasteiger partial charge in [0.05, 0.1) is 24.0 Å². The third-order valence-electron chi connectivity index (χ3n) is 4.47. The van der Waals surface area contributed by atoms with Crippen LogP contribution in [0, 0.1) is 0 Å². The number of rotatable bonds is 8. The van der Waals surface area contributed by atoms with Crippen molar-refractivity contribution in [1.82, 2.24) is 15.1 Å². The fourth-order valence-corrected chi connectivity index (χ4v) is 3.10. The molecule has 0 bridgehead atoms. The molecule has 0 saturated heterocycles. The lowest BCUT2D eigenvalue weighted by Gasteiger charge is -2.09. The van der Waals surface area contributed by atoms with E-state index in [0.29, 0.717) is 18.7 Å². The molecule has 3 aromatic rings. The first-order chi connectivity index (χ1) is 12.8. The van der Waals surface area contributed by atoms with E-state index in [4.69, 9.17) is 0 Å². The summed E-state index contributed by atoms with van der Waals surface area (Å²) in [6.45, 7) is 3.41. The first-order valence-electron chi connectivity index (χ1n) is 9.18. The molecule has 134 valence electrons. The number of aromatic nitrogens is 2. The van der Waals surface area contributed by atoms with E-state index in [-0.39, 0.29) is 5.91 Å². The van der Waals surface area contributed by atoms with E-state index in [9.17, 15) is 4.79 Å². The second kappa shape index (κ2) is 8.99. The molecule has 0 unspecified atom stereocenters. The number of nitrogens with zero attached hydrogens (tertiary/aromatic N) is 2. The third-order valence-corrected chi connectivity index (χ3v) is 4.47. The summed E-state index contributed by atoms with van der Waals surface area (Å²) in [5.41, 5.74) is 4.14. The predicted molar refractivity (Wildman–Crippen MR) is 104 cm³/mol. The van der Waals surface area contributed by atoms with E-state index < -0.39 is 0 Å². The van der Waals surface area contributed by atoms with Crippen molar-refractivity contribution in [3.63, 3.8) is 0 Å². The van der Waals surface area contributed by atoms with Gasteiger partial charge in [0.2, 0.25) is 0 Å². The molecular formula is C22H25N3O. The van der Waals surface area contributed by atoms with Crippen LogP contribution in [0.2, 0.25) is 0 Å². The monoisotopic (exact) mass is 347 g/mol. The molecule has 0 aliphatic carbocycles. The van der Waals surface area contributed by atoms with Crippen LogP contribution in [0.5, 0.6) is 0 Å². The Morgan fingerprint density at radius 3 is 2.31 bits per heavy atom. The summed E-state index contributed by atoms with van der Waals surface area (Å²) in [6.07, 6.45) is 4.36. The zero-order chi connectivity index (χ0) is 18.2. The van der Waals surface area contributed by atoms with Gasteiger partial charge in [0.15, 0.2) is 0 Å². The quantitative estimate of drug-likeness (QED) is 0.629. The molecule has 0 atom stereocenters. The number of hydrogen-bond donors (Lipinski definition) is 1. The fourth-order valence-electron chi connectivity index (χ4n) is 3.10. The minimum absolute atomic E-state index is 0.0331. The van der Waals surface area contributed by atoms with Crippen molar-refractivity contribution in [3.05, 3.63) is 89.2 Å². The second-order valence-corrected chi connectivity index (χ2v) is 6.35. The van der Waals surface area contributed by atoms with Crippen LogP contribution in [-0.2, 0) is 19.4 Å². The van der Waals surface area contributed by atoms with Gasteiger partial charge >= 0.3 is 0 Å². The van der Waals surface area contributed by atoms with E-state index >= 15 is 0 Å². The number of aryl methyl sites for hydroxylation is 1. The zero-order valence-electron chi connectivity index (χ0n) is 15.2. The van der Waals surface area contributed by atoms with Crippen LogP contribution in [0.15, 0.2) is 66.9 Å². The van der Waals surface area contributed by atoms with Gasteiger partial charge < -0.3 is 5.32 Å². The average molecular weight is 347 g/mol. The van der Waals surface area contributed by atoms with E-state index in [1.807, 2.05) is 41.1 Å². The van der Waals surface area contributed by atoms with Crippen LogP contribution in [0.3, 0.4) is 0 Å². The molecule has 1 heterocycles. The van der Waals surface area contributed by atoms with Crippen molar-refractivity contribution in [1.29, 1.82) is 0 Å². The molecular weight excluding hydrogens is 322 g/mol. The zero-order valence-corrected chi connectivity index (χ0v) is 15.2. The molecule has 2 aromatic carbocycles. The van der Waals surface area contributed by atoms with Gasteiger partial charge in [-0.2, -0.15) is 5.10 Å². The molecule has 0 aliphatic heterocycles. The Hall–Kier alpha value is -2.88. The van der Waals surface area contributed by atoms with Crippen LogP contribution >= 0.6 is 0 Å². The standard InChI is InChI=1S/C22H25N3O/c1-2-21-20(16-24-25(21)17-19-12-7-4-8-13-19)22(26)23-15-9-14-18-10-5-3-6-11-18/h3-8,10-13,16H,2,9,14-15,17H2,1H3,(H,23,26). The van der Waals surface area contributed by atoms with Gasteiger partial charge in [-0.05, 0) is 30.4 Å². The van der Waals surface area contributed by atoms with Crippen molar-refractivity contribution in [2.45, 2.75) is 32.7 Å². The number of nitrogens with one attached hydrogen (secondary N) is 1. The summed E-state index contributed by atoms with van der Waals surface area (Å²) >= 11 is 0. The van der Waals surface area contributed by atoms with Crippen LogP contribution in [0.1, 0.15) is 40.5 Å². The number of hydrogen-bond acceptors (Lipinski definition) is 2. The summed E-state index contributed by atoms with van der Waals surface area (Å²) < 4.78 is 1.92. The topological polar surface area (TPSA) is 46.9 Å². The summed E-state index contributed by atoms with van der Waals surface area (Å²) in [6, 6.07) is 20.5. The largest absolute Gasteiger partial charge is 0.352 e. The summed E-state index contributed by atoms with van der Waals surface area (Å²) in [4.78, 5) is 12.5. The smallest absolute Gasteiger partial charge is 0.254 e. The van der Waals surface area contributed by atoms with E-state index in [1.54, 1.807) is 6.20 Å². The molecule has 0 spiro atoms. The maximum atomic E-state index is 12.5. The van der Waals surface area contributed by atoms with Crippen molar-refractivity contribution < 1.29 is 4.79 Å². The van der Waals surface area contributed by atoms with Crippen LogP contribution < -0.4 is 5.32 Å². The van der Waals surface area contributed by atoms with Crippen LogP contribution in [-0.4, -0.2) is 22.2 Å². The minimum Gasteiger partial charge on any atom is -0.352 e. The Balaban J connectivity index is 1.57. The Morgan fingerprint density at radius 2 is 1.65 bits per heavy atom. The molecule has 4 heteroatoms. The van der Waals surface area contributed by atoms with Crippen molar-refractivity contribution >= 4 is 5.91 Å². The molecule has 1 aromatic heterocycles. The summed E-state index contributed by atoms with van der Waals surface area (Å²) in [7, 11) is 0. The van der Waals surface area contributed by atoms with Gasteiger partial charge in [-0.3, -0.25) is 9.48 Å². The van der Waals surface area contributed by atoms with Gasteiger partial charge in [-0.15, -0.1) is 0 Å². The second-order valence-electron chi connectivity index (χ2n) is 6.35. The molecule has 26 heavy (non-hydrogen) atoms. The molecule has 0 fully saturated rings.